The summed E-state index contributed by atoms with van der Waals surface area (Å²) in [5, 5.41) is 3.29. The van der Waals surface area contributed by atoms with Crippen LogP contribution in [0.4, 0.5) is 0 Å². The van der Waals surface area contributed by atoms with E-state index in [2.05, 4.69) is 19.2 Å². The Morgan fingerprint density at radius 1 is 1.15 bits per heavy atom. The van der Waals surface area contributed by atoms with Crippen LogP contribution in [-0.4, -0.2) is 19.1 Å². The molecule has 0 heterocycles. The van der Waals surface area contributed by atoms with Gasteiger partial charge >= 0.3 is 0 Å². The Labute approximate surface area is 83.3 Å². The number of unbranched alkanes of at least 4 members (excludes halogenated alkanes) is 4. The molecule has 0 saturated heterocycles. The second kappa shape index (κ2) is 7.34. The summed E-state index contributed by atoms with van der Waals surface area (Å²) in [5.41, 5.74) is 5.85. The molecule has 0 aliphatic heterocycles. The first-order chi connectivity index (χ1) is 6.18. The first kappa shape index (κ1) is 12.9. The van der Waals surface area contributed by atoms with Crippen molar-refractivity contribution >= 4 is 0 Å². The van der Waals surface area contributed by atoms with Gasteiger partial charge < -0.3 is 11.1 Å². The molecule has 0 aliphatic rings. The van der Waals surface area contributed by atoms with Gasteiger partial charge in [0.2, 0.25) is 0 Å². The van der Waals surface area contributed by atoms with Crippen LogP contribution in [0, 0.1) is 0 Å². The van der Waals surface area contributed by atoms with Crippen LogP contribution in [0.25, 0.3) is 0 Å². The van der Waals surface area contributed by atoms with Gasteiger partial charge in [0.15, 0.2) is 0 Å². The standard InChI is InChI=1S/C11H26N2/c1-4-5-6-7-8-9-11(2,10-12)13-3/h13H,4-10,12H2,1-3H3. The molecule has 0 amide bonds. The minimum Gasteiger partial charge on any atom is -0.329 e. The highest BCUT2D eigenvalue weighted by molar-refractivity contribution is 4.81. The maximum atomic E-state index is 5.70. The number of likely N-dealkylation sites (N-methyl/N-ethyl adjacent to an activating group) is 1. The molecule has 0 rings (SSSR count). The summed E-state index contributed by atoms with van der Waals surface area (Å²) in [5.74, 6) is 0. The predicted molar refractivity (Wildman–Crippen MR) is 59.9 cm³/mol. The maximum Gasteiger partial charge on any atom is 0.0272 e. The smallest absolute Gasteiger partial charge is 0.0272 e. The van der Waals surface area contributed by atoms with Crippen molar-refractivity contribution in [2.45, 2.75) is 57.9 Å². The summed E-state index contributed by atoms with van der Waals surface area (Å²) in [6, 6.07) is 0. The van der Waals surface area contributed by atoms with E-state index in [4.69, 9.17) is 5.73 Å². The molecule has 1 atom stereocenters. The van der Waals surface area contributed by atoms with Crippen molar-refractivity contribution in [3.63, 3.8) is 0 Å². The Morgan fingerprint density at radius 3 is 2.23 bits per heavy atom. The normalized spacial score (nSPS) is 15.7. The van der Waals surface area contributed by atoms with Crippen LogP contribution in [-0.2, 0) is 0 Å². The fourth-order valence-electron chi connectivity index (χ4n) is 1.45. The quantitative estimate of drug-likeness (QED) is 0.571. The molecule has 1 unspecified atom stereocenters. The van der Waals surface area contributed by atoms with Gasteiger partial charge in [0.25, 0.3) is 0 Å². The monoisotopic (exact) mass is 186 g/mol. The fraction of sp³-hybridized carbons (Fsp3) is 1.00. The molecule has 0 fully saturated rings. The highest BCUT2D eigenvalue weighted by Crippen LogP contribution is 2.13. The molecule has 0 spiro atoms. The molecule has 2 nitrogen and oxygen atoms in total. The van der Waals surface area contributed by atoms with Crippen LogP contribution in [0.15, 0.2) is 0 Å². The molecule has 0 aromatic carbocycles. The van der Waals surface area contributed by atoms with Gasteiger partial charge in [-0.05, 0) is 20.4 Å². The van der Waals surface area contributed by atoms with Crippen molar-refractivity contribution < 1.29 is 0 Å². The van der Waals surface area contributed by atoms with Crippen LogP contribution in [0.5, 0.6) is 0 Å². The molecular weight excluding hydrogens is 160 g/mol. The van der Waals surface area contributed by atoms with Crippen LogP contribution in [0.1, 0.15) is 52.4 Å². The van der Waals surface area contributed by atoms with Gasteiger partial charge in [-0.15, -0.1) is 0 Å². The van der Waals surface area contributed by atoms with Crippen molar-refractivity contribution in [2.24, 2.45) is 5.73 Å². The minimum absolute atomic E-state index is 0.159. The van der Waals surface area contributed by atoms with Gasteiger partial charge in [-0.25, -0.2) is 0 Å². The second-order valence-corrected chi connectivity index (χ2v) is 4.18. The Balaban J connectivity index is 3.39. The average Bonchev–Trinajstić information content (AvgIpc) is 2.17. The lowest BCUT2D eigenvalue weighted by Crippen LogP contribution is -2.46. The topological polar surface area (TPSA) is 38.0 Å². The van der Waals surface area contributed by atoms with Gasteiger partial charge in [0.1, 0.15) is 0 Å². The molecule has 3 N–H and O–H groups in total. The average molecular weight is 186 g/mol. The molecule has 0 aromatic heterocycles. The number of hydrogen-bond acceptors (Lipinski definition) is 2. The number of rotatable bonds is 8. The van der Waals surface area contributed by atoms with Crippen LogP contribution in [0.2, 0.25) is 0 Å². The number of hydrogen-bond donors (Lipinski definition) is 2. The van der Waals surface area contributed by atoms with E-state index in [1.165, 1.54) is 38.5 Å². The van der Waals surface area contributed by atoms with Crippen molar-refractivity contribution in [1.29, 1.82) is 0 Å². The highest BCUT2D eigenvalue weighted by Gasteiger charge is 2.18. The lowest BCUT2D eigenvalue weighted by molar-refractivity contribution is 0.350. The molecular formula is C11H26N2. The first-order valence-corrected chi connectivity index (χ1v) is 5.57. The molecule has 0 bridgehead atoms. The summed E-state index contributed by atoms with van der Waals surface area (Å²) < 4.78 is 0. The van der Waals surface area contributed by atoms with E-state index in [9.17, 15) is 0 Å². The number of nitrogens with one attached hydrogen (secondary N) is 1. The summed E-state index contributed by atoms with van der Waals surface area (Å²) in [6.45, 7) is 5.18. The van der Waals surface area contributed by atoms with Gasteiger partial charge in [-0.3, -0.25) is 0 Å². The van der Waals surface area contributed by atoms with Gasteiger partial charge in [0.05, 0.1) is 0 Å². The minimum atomic E-state index is 0.159. The summed E-state index contributed by atoms with van der Waals surface area (Å²) in [7, 11) is 2.00. The third kappa shape index (κ3) is 6.05. The maximum absolute atomic E-state index is 5.70. The van der Waals surface area contributed by atoms with E-state index in [1.807, 2.05) is 7.05 Å². The third-order valence-electron chi connectivity index (χ3n) is 2.89. The Morgan fingerprint density at radius 2 is 1.77 bits per heavy atom. The SMILES string of the molecule is CCCCCCCC(C)(CN)NC. The van der Waals surface area contributed by atoms with E-state index in [1.54, 1.807) is 0 Å². The predicted octanol–water partition coefficient (Wildman–Crippen LogP) is 2.28. The second-order valence-electron chi connectivity index (χ2n) is 4.18. The van der Waals surface area contributed by atoms with E-state index in [-0.39, 0.29) is 5.54 Å². The molecule has 0 saturated carbocycles. The summed E-state index contributed by atoms with van der Waals surface area (Å²) >= 11 is 0. The highest BCUT2D eigenvalue weighted by atomic mass is 15.0. The largest absolute Gasteiger partial charge is 0.329 e. The lowest BCUT2D eigenvalue weighted by atomic mass is 9.94. The van der Waals surface area contributed by atoms with E-state index < -0.39 is 0 Å². The Bertz CT molecular complexity index is 109. The molecule has 80 valence electrons. The molecule has 0 aromatic rings. The van der Waals surface area contributed by atoms with Gasteiger partial charge in [0, 0.05) is 12.1 Å². The van der Waals surface area contributed by atoms with Crippen molar-refractivity contribution in [3.8, 4) is 0 Å². The number of nitrogens with two attached hydrogens (primary N) is 1. The summed E-state index contributed by atoms with van der Waals surface area (Å²) in [4.78, 5) is 0. The zero-order chi connectivity index (χ0) is 10.2. The fourth-order valence-corrected chi connectivity index (χ4v) is 1.45. The third-order valence-corrected chi connectivity index (χ3v) is 2.89. The van der Waals surface area contributed by atoms with Crippen LogP contribution in [0.3, 0.4) is 0 Å². The van der Waals surface area contributed by atoms with E-state index in [0.29, 0.717) is 0 Å². The lowest BCUT2D eigenvalue weighted by Gasteiger charge is -2.27. The van der Waals surface area contributed by atoms with Crippen LogP contribution >= 0.6 is 0 Å². The molecule has 0 radical (unpaired) electrons. The Kier molecular flexibility index (Phi) is 7.29. The zero-order valence-corrected chi connectivity index (χ0v) is 9.53. The van der Waals surface area contributed by atoms with E-state index in [0.717, 1.165) is 6.54 Å². The van der Waals surface area contributed by atoms with Crippen LogP contribution < -0.4 is 11.1 Å². The van der Waals surface area contributed by atoms with Crippen molar-refractivity contribution in [1.82, 2.24) is 5.32 Å². The molecule has 13 heavy (non-hydrogen) atoms. The van der Waals surface area contributed by atoms with E-state index >= 15 is 0 Å². The zero-order valence-electron chi connectivity index (χ0n) is 9.53. The summed E-state index contributed by atoms with van der Waals surface area (Å²) in [6.07, 6.45) is 7.92. The molecule has 2 heteroatoms. The van der Waals surface area contributed by atoms with Gasteiger partial charge in [-0.2, -0.15) is 0 Å². The van der Waals surface area contributed by atoms with Crippen molar-refractivity contribution in [3.05, 3.63) is 0 Å². The molecule has 0 aliphatic carbocycles. The van der Waals surface area contributed by atoms with Crippen molar-refractivity contribution in [2.75, 3.05) is 13.6 Å². The Hall–Kier alpha value is -0.0800. The van der Waals surface area contributed by atoms with Gasteiger partial charge in [-0.1, -0.05) is 39.0 Å². The first-order valence-electron chi connectivity index (χ1n) is 5.57.